The van der Waals surface area contributed by atoms with Gasteiger partial charge < -0.3 is 35.4 Å². The third-order valence-electron chi connectivity index (χ3n) is 5.37. The number of unbranched alkanes of at least 4 members (excludes halogenated alkanes) is 1. The summed E-state index contributed by atoms with van der Waals surface area (Å²) in [5.74, 6) is 0.0816. The number of carbonyl (C=O) groups excluding carboxylic acids is 1. The summed E-state index contributed by atoms with van der Waals surface area (Å²) in [6, 6.07) is 2.91. The first-order valence-electron chi connectivity index (χ1n) is 9.89. The number of anilines is 1. The van der Waals surface area contributed by atoms with Crippen molar-refractivity contribution in [2.24, 2.45) is 0 Å². The molecule has 9 nitrogen and oxygen atoms in total. The first kappa shape index (κ1) is 24.0. The fourth-order valence-corrected chi connectivity index (χ4v) is 3.69. The van der Waals surface area contributed by atoms with E-state index < -0.39 is 6.09 Å². The van der Waals surface area contributed by atoms with Crippen LogP contribution >= 0.6 is 11.6 Å². The quantitative estimate of drug-likeness (QED) is 0.396. The number of carboxylic acid groups (broad SMARTS) is 1. The molecule has 0 saturated carbocycles. The second-order valence-electron chi connectivity index (χ2n) is 7.43. The van der Waals surface area contributed by atoms with Gasteiger partial charge in [-0.25, -0.2) is 4.79 Å². The van der Waals surface area contributed by atoms with Gasteiger partial charge in [0.25, 0.3) is 5.91 Å². The molecule has 1 heterocycles. The van der Waals surface area contributed by atoms with Gasteiger partial charge in [0.1, 0.15) is 5.75 Å². The molecule has 4 N–H and O–H groups in total. The van der Waals surface area contributed by atoms with Crippen LogP contribution in [0.2, 0.25) is 5.02 Å². The fraction of sp³-hybridized carbons (Fsp3) is 0.600. The number of amides is 2. The first-order chi connectivity index (χ1) is 14.3. The average molecular weight is 443 g/mol. The van der Waals surface area contributed by atoms with Crippen LogP contribution in [0.4, 0.5) is 10.5 Å². The summed E-state index contributed by atoms with van der Waals surface area (Å²) in [5, 5.41) is 12.2. The van der Waals surface area contributed by atoms with E-state index in [2.05, 4.69) is 10.2 Å². The zero-order chi connectivity index (χ0) is 22.3. The molecule has 2 amide bonds. The van der Waals surface area contributed by atoms with Gasteiger partial charge in [0.2, 0.25) is 0 Å². The first-order valence-corrected chi connectivity index (χ1v) is 10.3. The van der Waals surface area contributed by atoms with Crippen molar-refractivity contribution in [1.29, 1.82) is 0 Å². The van der Waals surface area contributed by atoms with Gasteiger partial charge in [0.05, 0.1) is 35.5 Å². The number of rotatable bonds is 9. The van der Waals surface area contributed by atoms with Gasteiger partial charge in [-0.3, -0.25) is 4.79 Å². The molecular weight excluding hydrogens is 412 g/mol. The minimum atomic E-state index is -0.912. The summed E-state index contributed by atoms with van der Waals surface area (Å²) in [6.07, 6.45) is 1.37. The van der Waals surface area contributed by atoms with Gasteiger partial charge in [-0.1, -0.05) is 11.6 Å². The van der Waals surface area contributed by atoms with Gasteiger partial charge in [-0.15, -0.1) is 0 Å². The number of nitrogen functional groups attached to an aromatic ring is 1. The van der Waals surface area contributed by atoms with Gasteiger partial charge in [0, 0.05) is 39.9 Å². The molecule has 0 bridgehead atoms. The molecule has 0 aliphatic carbocycles. The monoisotopic (exact) mass is 442 g/mol. The maximum Gasteiger partial charge on any atom is 0.407 e. The molecule has 30 heavy (non-hydrogen) atoms. The Hall–Kier alpha value is -2.23. The van der Waals surface area contributed by atoms with E-state index in [1.165, 1.54) is 24.1 Å². The Morgan fingerprint density at radius 2 is 2.10 bits per heavy atom. The van der Waals surface area contributed by atoms with Crippen molar-refractivity contribution in [2.75, 3.05) is 53.2 Å². The van der Waals surface area contributed by atoms with Crippen LogP contribution in [0.1, 0.15) is 29.6 Å². The Balaban J connectivity index is 1.89. The lowest BCUT2D eigenvalue weighted by atomic mass is 10.0. The van der Waals surface area contributed by atoms with Crippen molar-refractivity contribution < 1.29 is 24.2 Å². The van der Waals surface area contributed by atoms with Crippen LogP contribution < -0.4 is 15.8 Å². The predicted octanol–water partition coefficient (Wildman–Crippen LogP) is 2.14. The van der Waals surface area contributed by atoms with Gasteiger partial charge in [-0.05, 0) is 31.9 Å². The number of likely N-dealkylation sites (tertiary alicyclic amines) is 1. The summed E-state index contributed by atoms with van der Waals surface area (Å²) in [7, 11) is 4.68. The van der Waals surface area contributed by atoms with Crippen molar-refractivity contribution in [3.63, 3.8) is 0 Å². The molecule has 1 saturated heterocycles. The van der Waals surface area contributed by atoms with Crippen LogP contribution in [-0.4, -0.2) is 86.5 Å². The van der Waals surface area contributed by atoms with E-state index in [9.17, 15) is 9.59 Å². The summed E-state index contributed by atoms with van der Waals surface area (Å²) in [6.45, 7) is 2.88. The van der Waals surface area contributed by atoms with E-state index in [4.69, 9.17) is 31.9 Å². The molecular formula is C20H31ClN4O5. The summed E-state index contributed by atoms with van der Waals surface area (Å²) in [4.78, 5) is 27.2. The molecule has 1 fully saturated rings. The van der Waals surface area contributed by atoms with Crippen LogP contribution in [-0.2, 0) is 4.74 Å². The van der Waals surface area contributed by atoms with Gasteiger partial charge >= 0.3 is 6.09 Å². The summed E-state index contributed by atoms with van der Waals surface area (Å²) < 4.78 is 10.9. The molecule has 1 aromatic rings. The third kappa shape index (κ3) is 6.38. The minimum absolute atomic E-state index is 0.141. The maximum absolute atomic E-state index is 12.8. The van der Waals surface area contributed by atoms with Crippen molar-refractivity contribution in [1.82, 2.24) is 15.1 Å². The Bertz CT molecular complexity index is 748. The van der Waals surface area contributed by atoms with Crippen molar-refractivity contribution >= 4 is 29.3 Å². The molecule has 1 aliphatic heterocycles. The molecule has 2 rings (SSSR count). The topological polar surface area (TPSA) is 117 Å². The smallest absolute Gasteiger partial charge is 0.407 e. The van der Waals surface area contributed by atoms with Crippen LogP contribution in [0.3, 0.4) is 0 Å². The molecule has 0 spiro atoms. The molecule has 168 valence electrons. The molecule has 1 aliphatic rings. The lowest BCUT2D eigenvalue weighted by molar-refractivity contribution is 0.00588. The fourth-order valence-electron chi connectivity index (χ4n) is 3.53. The molecule has 0 radical (unpaired) electrons. The lowest BCUT2D eigenvalue weighted by Gasteiger charge is -2.38. The van der Waals surface area contributed by atoms with Crippen molar-refractivity contribution in [3.8, 4) is 5.75 Å². The predicted molar refractivity (Wildman–Crippen MR) is 115 cm³/mol. The Labute approximate surface area is 182 Å². The minimum Gasteiger partial charge on any atom is -0.496 e. The van der Waals surface area contributed by atoms with E-state index in [-0.39, 0.29) is 18.1 Å². The molecule has 1 aromatic carbocycles. The van der Waals surface area contributed by atoms with Crippen molar-refractivity contribution in [3.05, 3.63) is 22.7 Å². The van der Waals surface area contributed by atoms with Crippen LogP contribution in [0.5, 0.6) is 5.75 Å². The summed E-state index contributed by atoms with van der Waals surface area (Å²) in [5.41, 5.74) is 6.47. The van der Waals surface area contributed by atoms with E-state index in [0.29, 0.717) is 35.1 Å². The highest BCUT2D eigenvalue weighted by atomic mass is 35.5. The second kappa shape index (κ2) is 11.2. The Morgan fingerprint density at radius 1 is 1.37 bits per heavy atom. The number of nitrogens with zero attached hydrogens (tertiary/aromatic N) is 2. The standard InChI is InChI=1S/C20H31ClN4O5/c1-24(20(27)28)7-4-5-8-25-9-6-16(18(12-25)30-3)23-19(26)13-10-14(21)15(22)11-17(13)29-2/h10-11,16,18H,4-9,12,22H2,1-3H3,(H,23,26)(H,27,28). The molecule has 10 heteroatoms. The van der Waals surface area contributed by atoms with Crippen LogP contribution in [0, 0.1) is 0 Å². The van der Waals surface area contributed by atoms with Crippen LogP contribution in [0.25, 0.3) is 0 Å². The van der Waals surface area contributed by atoms with E-state index in [0.717, 1.165) is 32.4 Å². The van der Waals surface area contributed by atoms with Crippen LogP contribution in [0.15, 0.2) is 12.1 Å². The normalized spacial score (nSPS) is 19.3. The van der Waals surface area contributed by atoms with Gasteiger partial charge in [0.15, 0.2) is 0 Å². The number of nitrogens with one attached hydrogen (secondary N) is 1. The van der Waals surface area contributed by atoms with E-state index >= 15 is 0 Å². The largest absolute Gasteiger partial charge is 0.496 e. The Morgan fingerprint density at radius 3 is 2.73 bits per heavy atom. The number of hydrogen-bond acceptors (Lipinski definition) is 6. The molecule has 2 unspecified atom stereocenters. The lowest BCUT2D eigenvalue weighted by Crippen LogP contribution is -2.55. The number of benzene rings is 1. The number of piperidine rings is 1. The van der Waals surface area contributed by atoms with E-state index in [1.54, 1.807) is 14.2 Å². The zero-order valence-corrected chi connectivity index (χ0v) is 18.4. The highest BCUT2D eigenvalue weighted by molar-refractivity contribution is 6.33. The third-order valence-corrected chi connectivity index (χ3v) is 5.70. The summed E-state index contributed by atoms with van der Waals surface area (Å²) >= 11 is 6.07. The second-order valence-corrected chi connectivity index (χ2v) is 7.84. The number of methoxy groups -OCH3 is 2. The maximum atomic E-state index is 12.8. The highest BCUT2D eigenvalue weighted by Crippen LogP contribution is 2.29. The number of hydrogen-bond donors (Lipinski definition) is 3. The number of carbonyl (C=O) groups is 2. The highest BCUT2D eigenvalue weighted by Gasteiger charge is 2.31. The zero-order valence-electron chi connectivity index (χ0n) is 17.7. The van der Waals surface area contributed by atoms with E-state index in [1.807, 2.05) is 0 Å². The molecule has 2 atom stereocenters. The van der Waals surface area contributed by atoms with Crippen molar-refractivity contribution in [2.45, 2.75) is 31.4 Å². The number of ether oxygens (including phenoxy) is 2. The Kier molecular flexibility index (Phi) is 9.01. The average Bonchev–Trinajstić information content (AvgIpc) is 2.73. The SMILES string of the molecule is COc1cc(N)c(Cl)cc1C(=O)NC1CCN(CCCCN(C)C(=O)O)CC1OC. The van der Waals surface area contributed by atoms with Gasteiger partial charge in [-0.2, -0.15) is 0 Å². The number of halogens is 1. The molecule has 0 aromatic heterocycles. The number of nitrogens with two attached hydrogens (primary N) is 1.